The fourth-order valence-corrected chi connectivity index (χ4v) is 5.86. The van der Waals surface area contributed by atoms with Crippen molar-refractivity contribution >= 4 is 27.5 Å². The largest absolute Gasteiger partial charge is 0.497 e. The standard InChI is InChI=1S/C32H41N3O5S/c1-7-25(5)33-32(37)30(8-2)34(21-26-12-10-9-11-24(26)4)31(36)22-35(27-15-13-23(3)14-16-27)41(38,39)29-19-17-28(40-6)18-20-29/h9-20,25,30H,7-8,21-22H2,1-6H3,(H,33,37). The molecule has 2 amide bonds. The maximum absolute atomic E-state index is 14.2. The molecule has 0 spiro atoms. The van der Waals surface area contributed by atoms with Gasteiger partial charge in [0.1, 0.15) is 18.3 Å². The minimum absolute atomic E-state index is 0.0266. The molecule has 41 heavy (non-hydrogen) atoms. The number of nitrogens with zero attached hydrogens (tertiary/aromatic N) is 2. The highest BCUT2D eigenvalue weighted by Crippen LogP contribution is 2.26. The van der Waals surface area contributed by atoms with Crippen LogP contribution in [0.1, 0.15) is 50.3 Å². The van der Waals surface area contributed by atoms with Crippen molar-refractivity contribution < 1.29 is 22.7 Å². The number of rotatable bonds is 13. The Labute approximate surface area is 244 Å². The molecule has 0 aliphatic rings. The summed E-state index contributed by atoms with van der Waals surface area (Å²) in [7, 11) is -2.64. The molecule has 0 bridgehead atoms. The Hall–Kier alpha value is -3.85. The van der Waals surface area contributed by atoms with E-state index in [2.05, 4.69) is 5.32 Å². The van der Waals surface area contributed by atoms with E-state index in [1.807, 2.05) is 58.9 Å². The van der Waals surface area contributed by atoms with Gasteiger partial charge < -0.3 is 15.0 Å². The Morgan fingerprint density at radius 1 is 0.902 bits per heavy atom. The zero-order chi connectivity index (χ0) is 30.2. The molecule has 2 unspecified atom stereocenters. The van der Waals surface area contributed by atoms with Crippen LogP contribution in [-0.2, 0) is 26.2 Å². The van der Waals surface area contributed by atoms with E-state index in [1.54, 1.807) is 36.4 Å². The summed E-state index contributed by atoms with van der Waals surface area (Å²) in [6.45, 7) is 9.29. The number of benzene rings is 3. The highest BCUT2D eigenvalue weighted by molar-refractivity contribution is 7.92. The summed E-state index contributed by atoms with van der Waals surface area (Å²) in [5.74, 6) is -0.217. The van der Waals surface area contributed by atoms with E-state index in [0.717, 1.165) is 27.4 Å². The summed E-state index contributed by atoms with van der Waals surface area (Å²) in [5.41, 5.74) is 3.17. The number of amides is 2. The van der Waals surface area contributed by atoms with Crippen LogP contribution in [0.3, 0.4) is 0 Å². The van der Waals surface area contributed by atoms with Crippen molar-refractivity contribution in [2.24, 2.45) is 0 Å². The second-order valence-electron chi connectivity index (χ2n) is 10.2. The molecule has 220 valence electrons. The van der Waals surface area contributed by atoms with E-state index >= 15 is 0 Å². The summed E-state index contributed by atoms with van der Waals surface area (Å²) in [6.07, 6.45) is 1.12. The third-order valence-electron chi connectivity index (χ3n) is 7.24. The van der Waals surface area contributed by atoms with Crippen LogP contribution in [0.2, 0.25) is 0 Å². The number of hydrogen-bond donors (Lipinski definition) is 1. The summed E-state index contributed by atoms with van der Waals surface area (Å²) >= 11 is 0. The van der Waals surface area contributed by atoms with Gasteiger partial charge in [0.05, 0.1) is 17.7 Å². The third-order valence-corrected chi connectivity index (χ3v) is 9.03. The molecule has 3 rings (SSSR count). The molecule has 1 N–H and O–H groups in total. The van der Waals surface area contributed by atoms with Gasteiger partial charge in [0.2, 0.25) is 11.8 Å². The van der Waals surface area contributed by atoms with E-state index < -0.39 is 28.5 Å². The van der Waals surface area contributed by atoms with E-state index in [1.165, 1.54) is 24.1 Å². The van der Waals surface area contributed by atoms with Crippen LogP contribution >= 0.6 is 0 Å². The molecule has 0 aliphatic heterocycles. The lowest BCUT2D eigenvalue weighted by Crippen LogP contribution is -2.53. The first-order valence-electron chi connectivity index (χ1n) is 13.9. The minimum Gasteiger partial charge on any atom is -0.497 e. The van der Waals surface area contributed by atoms with Gasteiger partial charge in [0.15, 0.2) is 0 Å². The highest BCUT2D eigenvalue weighted by Gasteiger charge is 2.34. The molecule has 0 saturated carbocycles. The van der Waals surface area contributed by atoms with Crippen molar-refractivity contribution in [3.05, 3.63) is 89.5 Å². The van der Waals surface area contributed by atoms with E-state index in [4.69, 9.17) is 4.74 Å². The van der Waals surface area contributed by atoms with Gasteiger partial charge in [-0.3, -0.25) is 13.9 Å². The number of sulfonamides is 1. The fraction of sp³-hybridized carbons (Fsp3) is 0.375. The van der Waals surface area contributed by atoms with Crippen LogP contribution in [-0.4, -0.2) is 50.9 Å². The van der Waals surface area contributed by atoms with Gasteiger partial charge in [-0.2, -0.15) is 0 Å². The van der Waals surface area contributed by atoms with Crippen LogP contribution in [0.25, 0.3) is 0 Å². The predicted molar refractivity (Wildman–Crippen MR) is 162 cm³/mol. The number of nitrogens with one attached hydrogen (secondary N) is 1. The van der Waals surface area contributed by atoms with E-state index in [9.17, 15) is 18.0 Å². The molecular formula is C32H41N3O5S. The molecule has 2 atom stereocenters. The average Bonchev–Trinajstić information content (AvgIpc) is 2.97. The Morgan fingerprint density at radius 3 is 2.10 bits per heavy atom. The van der Waals surface area contributed by atoms with Crippen LogP contribution in [0.4, 0.5) is 5.69 Å². The highest BCUT2D eigenvalue weighted by atomic mass is 32.2. The van der Waals surface area contributed by atoms with Crippen molar-refractivity contribution in [3.63, 3.8) is 0 Å². The smallest absolute Gasteiger partial charge is 0.264 e. The molecule has 0 saturated heterocycles. The molecule has 3 aromatic rings. The quantitative estimate of drug-likeness (QED) is 0.299. The summed E-state index contributed by atoms with van der Waals surface area (Å²) in [4.78, 5) is 29.1. The maximum atomic E-state index is 14.2. The third kappa shape index (κ3) is 7.88. The van der Waals surface area contributed by atoms with Gasteiger partial charge in [-0.15, -0.1) is 0 Å². The normalized spacial score (nSPS) is 12.7. The second kappa shape index (κ2) is 14.2. The Kier molecular flexibility index (Phi) is 10.9. The Bertz CT molecular complexity index is 1420. The van der Waals surface area contributed by atoms with Gasteiger partial charge >= 0.3 is 0 Å². The predicted octanol–water partition coefficient (Wildman–Crippen LogP) is 5.23. The topological polar surface area (TPSA) is 96.0 Å². The molecule has 0 heterocycles. The molecule has 0 aromatic heterocycles. The Balaban J connectivity index is 2.06. The number of methoxy groups -OCH3 is 1. The van der Waals surface area contributed by atoms with Crippen LogP contribution in [0.15, 0.2) is 77.7 Å². The van der Waals surface area contributed by atoms with Gasteiger partial charge in [-0.25, -0.2) is 8.42 Å². The van der Waals surface area contributed by atoms with Crippen molar-refractivity contribution in [1.29, 1.82) is 0 Å². The van der Waals surface area contributed by atoms with Crippen molar-refractivity contribution in [2.75, 3.05) is 18.0 Å². The zero-order valence-corrected chi connectivity index (χ0v) is 25.6. The molecular weight excluding hydrogens is 538 g/mol. The monoisotopic (exact) mass is 579 g/mol. The number of aryl methyl sites for hydroxylation is 2. The molecule has 9 heteroatoms. The number of ether oxygens (including phenoxy) is 1. The number of carbonyl (C=O) groups is 2. The first-order chi connectivity index (χ1) is 19.5. The summed E-state index contributed by atoms with van der Waals surface area (Å²) < 4.78 is 34.3. The van der Waals surface area contributed by atoms with Gasteiger partial charge in [0, 0.05) is 12.6 Å². The van der Waals surface area contributed by atoms with Gasteiger partial charge in [-0.1, -0.05) is 55.8 Å². The number of hydrogen-bond acceptors (Lipinski definition) is 5. The minimum atomic E-state index is -4.15. The van der Waals surface area contributed by atoms with Crippen LogP contribution in [0, 0.1) is 13.8 Å². The number of carbonyl (C=O) groups excluding carboxylic acids is 2. The Morgan fingerprint density at radius 2 is 1.54 bits per heavy atom. The van der Waals surface area contributed by atoms with Gasteiger partial charge in [-0.05, 0) is 81.1 Å². The summed E-state index contributed by atoms with van der Waals surface area (Å²) in [6, 6.07) is 19.8. The van der Waals surface area contributed by atoms with E-state index in [0.29, 0.717) is 17.9 Å². The van der Waals surface area contributed by atoms with Crippen molar-refractivity contribution in [3.8, 4) is 5.75 Å². The second-order valence-corrected chi connectivity index (χ2v) is 12.1. The molecule has 0 radical (unpaired) electrons. The first-order valence-corrected chi connectivity index (χ1v) is 15.3. The van der Waals surface area contributed by atoms with Crippen molar-refractivity contribution in [2.45, 2.75) is 71.0 Å². The first kappa shape index (κ1) is 31.7. The van der Waals surface area contributed by atoms with Gasteiger partial charge in [0.25, 0.3) is 10.0 Å². The van der Waals surface area contributed by atoms with Crippen LogP contribution < -0.4 is 14.4 Å². The lowest BCUT2D eigenvalue weighted by Gasteiger charge is -2.34. The number of anilines is 1. The molecule has 8 nitrogen and oxygen atoms in total. The molecule has 0 fully saturated rings. The maximum Gasteiger partial charge on any atom is 0.264 e. The lowest BCUT2D eigenvalue weighted by molar-refractivity contribution is -0.140. The molecule has 0 aliphatic carbocycles. The van der Waals surface area contributed by atoms with E-state index in [-0.39, 0.29) is 23.4 Å². The SMILES string of the molecule is CCC(C)NC(=O)C(CC)N(Cc1ccccc1C)C(=O)CN(c1ccc(C)cc1)S(=O)(=O)c1ccc(OC)cc1. The summed E-state index contributed by atoms with van der Waals surface area (Å²) in [5, 5.41) is 3.00. The lowest BCUT2D eigenvalue weighted by atomic mass is 10.1. The zero-order valence-electron chi connectivity index (χ0n) is 24.8. The molecule has 3 aromatic carbocycles. The average molecular weight is 580 g/mol. The van der Waals surface area contributed by atoms with Crippen LogP contribution in [0.5, 0.6) is 5.75 Å². The fourth-order valence-electron chi connectivity index (χ4n) is 4.45. The van der Waals surface area contributed by atoms with Crippen molar-refractivity contribution in [1.82, 2.24) is 10.2 Å².